The predicted octanol–water partition coefficient (Wildman–Crippen LogP) is 2.57. The first-order chi connectivity index (χ1) is 11.8. The molecular weight excluding hydrogens is 366 g/mol. The van der Waals surface area contributed by atoms with Gasteiger partial charge in [-0.1, -0.05) is 0 Å². The average molecular weight is 378 g/mol. The molecule has 0 fully saturated rings. The van der Waals surface area contributed by atoms with Crippen molar-refractivity contribution in [2.45, 2.75) is 25.0 Å². The molecule has 0 spiro atoms. The Morgan fingerprint density at radius 3 is 2.76 bits per heavy atom. The van der Waals surface area contributed by atoms with Crippen molar-refractivity contribution in [3.63, 3.8) is 0 Å². The van der Waals surface area contributed by atoms with E-state index in [1.54, 1.807) is 0 Å². The highest BCUT2D eigenvalue weighted by Gasteiger charge is 2.37. The summed E-state index contributed by atoms with van der Waals surface area (Å²) in [5, 5.41) is 5.78. The molecule has 2 aromatic rings. The number of aromatic nitrogens is 3. The largest absolute Gasteiger partial charge is 0.381 e. The standard InChI is InChI=1S/C14H12ClF4N5O/c15-14(18,19)12-22-21-11-7-23(3-4-24(11)12)13(25)20-6-8-5-9(16)1-2-10(8)17/h1-2,5H,3-4,6-7H2,(H,20,25). The highest BCUT2D eigenvalue weighted by molar-refractivity contribution is 6.21. The van der Waals surface area contributed by atoms with Crippen molar-refractivity contribution < 1.29 is 22.4 Å². The molecule has 0 saturated heterocycles. The Morgan fingerprint density at radius 1 is 1.28 bits per heavy atom. The minimum absolute atomic E-state index is 0.00223. The quantitative estimate of drug-likeness (QED) is 0.660. The molecule has 0 saturated carbocycles. The Hall–Kier alpha value is -2.36. The van der Waals surface area contributed by atoms with E-state index in [9.17, 15) is 22.4 Å². The highest BCUT2D eigenvalue weighted by Crippen LogP contribution is 2.32. The summed E-state index contributed by atoms with van der Waals surface area (Å²) in [6.45, 7) is -0.113. The van der Waals surface area contributed by atoms with Gasteiger partial charge in [-0.3, -0.25) is 0 Å². The van der Waals surface area contributed by atoms with E-state index in [1.807, 2.05) is 0 Å². The van der Waals surface area contributed by atoms with Crippen LogP contribution in [-0.2, 0) is 25.0 Å². The molecule has 11 heteroatoms. The van der Waals surface area contributed by atoms with Crippen LogP contribution in [0.15, 0.2) is 18.2 Å². The molecule has 25 heavy (non-hydrogen) atoms. The second-order valence-electron chi connectivity index (χ2n) is 5.41. The van der Waals surface area contributed by atoms with E-state index in [-0.39, 0.29) is 37.6 Å². The minimum Gasteiger partial charge on any atom is -0.334 e. The number of carbonyl (C=O) groups excluding carboxylic acids is 1. The van der Waals surface area contributed by atoms with Gasteiger partial charge in [0.15, 0.2) is 5.82 Å². The summed E-state index contributed by atoms with van der Waals surface area (Å²) < 4.78 is 54.2. The van der Waals surface area contributed by atoms with Gasteiger partial charge < -0.3 is 14.8 Å². The van der Waals surface area contributed by atoms with Gasteiger partial charge in [0.2, 0.25) is 5.82 Å². The lowest BCUT2D eigenvalue weighted by Gasteiger charge is -2.28. The number of nitrogens with one attached hydrogen (secondary N) is 1. The molecule has 0 bridgehead atoms. The summed E-state index contributed by atoms with van der Waals surface area (Å²) in [6, 6.07) is 2.37. The van der Waals surface area contributed by atoms with E-state index in [0.29, 0.717) is 0 Å². The number of alkyl halides is 3. The number of nitrogens with zero attached hydrogens (tertiary/aromatic N) is 4. The number of carbonyl (C=O) groups is 1. The Balaban J connectivity index is 1.65. The first-order valence-electron chi connectivity index (χ1n) is 7.21. The lowest BCUT2D eigenvalue weighted by atomic mass is 10.2. The van der Waals surface area contributed by atoms with Gasteiger partial charge in [-0.25, -0.2) is 13.6 Å². The van der Waals surface area contributed by atoms with Gasteiger partial charge in [0.25, 0.3) is 0 Å². The molecule has 2 heterocycles. The fourth-order valence-electron chi connectivity index (χ4n) is 2.50. The third-order valence-corrected chi connectivity index (χ3v) is 3.90. The highest BCUT2D eigenvalue weighted by atomic mass is 35.5. The van der Waals surface area contributed by atoms with E-state index in [0.717, 1.165) is 22.8 Å². The van der Waals surface area contributed by atoms with E-state index in [1.165, 1.54) is 4.90 Å². The van der Waals surface area contributed by atoms with Crippen LogP contribution in [0.25, 0.3) is 0 Å². The first kappa shape index (κ1) is 17.5. The van der Waals surface area contributed by atoms with Crippen LogP contribution in [0.5, 0.6) is 0 Å². The summed E-state index contributed by atoms with van der Waals surface area (Å²) >= 11 is 4.97. The van der Waals surface area contributed by atoms with Gasteiger partial charge in [0.1, 0.15) is 11.6 Å². The lowest BCUT2D eigenvalue weighted by Crippen LogP contribution is -2.44. The van der Waals surface area contributed by atoms with E-state index in [2.05, 4.69) is 15.5 Å². The van der Waals surface area contributed by atoms with Crippen LogP contribution in [0.1, 0.15) is 17.2 Å². The Labute approximate surface area is 144 Å². The van der Waals surface area contributed by atoms with Gasteiger partial charge in [0, 0.05) is 25.2 Å². The van der Waals surface area contributed by atoms with Crippen LogP contribution in [0.3, 0.4) is 0 Å². The second kappa shape index (κ2) is 6.51. The zero-order valence-corrected chi connectivity index (χ0v) is 13.4. The molecule has 0 unspecified atom stereocenters. The number of hydrogen-bond acceptors (Lipinski definition) is 3. The molecule has 1 aromatic carbocycles. The average Bonchev–Trinajstić information content (AvgIpc) is 2.98. The molecule has 6 nitrogen and oxygen atoms in total. The monoisotopic (exact) mass is 377 g/mol. The summed E-state index contributed by atoms with van der Waals surface area (Å²) in [5.74, 6) is -1.78. The first-order valence-corrected chi connectivity index (χ1v) is 7.59. The normalized spacial score (nSPS) is 14.4. The van der Waals surface area contributed by atoms with Crippen molar-refractivity contribution in [2.24, 2.45) is 0 Å². The molecular formula is C14H12ClF4N5O. The molecule has 0 atom stereocenters. The van der Waals surface area contributed by atoms with Crippen molar-refractivity contribution in [1.82, 2.24) is 25.0 Å². The van der Waals surface area contributed by atoms with Gasteiger partial charge >= 0.3 is 11.4 Å². The van der Waals surface area contributed by atoms with Gasteiger partial charge in [-0.2, -0.15) is 8.78 Å². The third kappa shape index (κ3) is 3.68. The number of benzene rings is 1. The molecule has 0 aliphatic carbocycles. The van der Waals surface area contributed by atoms with Gasteiger partial charge in [0.05, 0.1) is 6.54 Å². The van der Waals surface area contributed by atoms with Crippen LogP contribution in [0.2, 0.25) is 0 Å². The fourth-order valence-corrected chi connectivity index (χ4v) is 2.64. The summed E-state index contributed by atoms with van der Waals surface area (Å²) in [4.78, 5) is 13.5. The van der Waals surface area contributed by atoms with E-state index >= 15 is 0 Å². The summed E-state index contributed by atoms with van der Waals surface area (Å²) in [6.07, 6.45) is 0. The number of halogens is 5. The van der Waals surface area contributed by atoms with E-state index < -0.39 is 28.9 Å². The molecule has 0 radical (unpaired) electrons. The van der Waals surface area contributed by atoms with Crippen molar-refractivity contribution in [3.05, 3.63) is 47.0 Å². The molecule has 1 aliphatic rings. The number of urea groups is 1. The Morgan fingerprint density at radius 2 is 2.04 bits per heavy atom. The maximum absolute atomic E-state index is 13.5. The minimum atomic E-state index is -3.65. The second-order valence-corrected chi connectivity index (χ2v) is 5.88. The van der Waals surface area contributed by atoms with Crippen LogP contribution in [-0.4, -0.2) is 32.2 Å². The zero-order chi connectivity index (χ0) is 18.2. The molecule has 1 N–H and O–H groups in total. The molecule has 1 aromatic heterocycles. The predicted molar refractivity (Wildman–Crippen MR) is 78.8 cm³/mol. The van der Waals surface area contributed by atoms with Crippen molar-refractivity contribution in [3.8, 4) is 0 Å². The molecule has 1 aliphatic heterocycles. The number of rotatable bonds is 3. The topological polar surface area (TPSA) is 63.1 Å². The smallest absolute Gasteiger partial charge is 0.334 e. The molecule has 2 amide bonds. The van der Waals surface area contributed by atoms with Crippen LogP contribution >= 0.6 is 11.6 Å². The van der Waals surface area contributed by atoms with Crippen LogP contribution in [0, 0.1) is 11.6 Å². The SMILES string of the molecule is O=C(NCc1cc(F)ccc1F)N1CCn2c(nnc2C(F)(F)Cl)C1. The molecule has 134 valence electrons. The van der Waals surface area contributed by atoms with Crippen LogP contribution < -0.4 is 5.32 Å². The number of hydrogen-bond donors (Lipinski definition) is 1. The van der Waals surface area contributed by atoms with Crippen molar-refractivity contribution >= 4 is 17.6 Å². The van der Waals surface area contributed by atoms with Gasteiger partial charge in [-0.05, 0) is 29.8 Å². The zero-order valence-electron chi connectivity index (χ0n) is 12.6. The van der Waals surface area contributed by atoms with Crippen molar-refractivity contribution in [1.29, 1.82) is 0 Å². The third-order valence-electron chi connectivity index (χ3n) is 3.73. The lowest BCUT2D eigenvalue weighted by molar-refractivity contribution is 0.0772. The Kier molecular flexibility index (Phi) is 4.55. The van der Waals surface area contributed by atoms with Crippen LogP contribution in [0.4, 0.5) is 22.4 Å². The molecule has 3 rings (SSSR count). The fraction of sp³-hybridized carbons (Fsp3) is 0.357. The van der Waals surface area contributed by atoms with Crippen molar-refractivity contribution in [2.75, 3.05) is 6.54 Å². The Bertz CT molecular complexity index is 807. The number of amides is 2. The maximum atomic E-state index is 13.5. The summed E-state index contributed by atoms with van der Waals surface area (Å²) in [5.41, 5.74) is -0.00223. The number of fused-ring (bicyclic) bond motifs is 1. The van der Waals surface area contributed by atoms with E-state index in [4.69, 9.17) is 11.6 Å². The maximum Gasteiger partial charge on any atom is 0.381 e. The summed E-state index contributed by atoms with van der Waals surface area (Å²) in [7, 11) is 0. The van der Waals surface area contributed by atoms with Gasteiger partial charge in [-0.15, -0.1) is 10.2 Å².